The van der Waals surface area contributed by atoms with E-state index in [-0.39, 0.29) is 13.9 Å². The molecular formula is CH10B10O6S2. The molecule has 18 heteroatoms. The Labute approximate surface area is 120 Å². The topological polar surface area (TPSA) is 86.7 Å². The highest BCUT2D eigenvalue weighted by Crippen LogP contribution is 2.48. The summed E-state index contributed by atoms with van der Waals surface area (Å²) >= 11 is 0. The first-order chi connectivity index (χ1) is 8.59. The van der Waals surface area contributed by atoms with Crippen LogP contribution >= 0.6 is 0 Å². The zero-order valence-electron chi connectivity index (χ0n) is 11.5. The molecule has 1 unspecified atom stereocenters. The highest BCUT2D eigenvalue weighted by Gasteiger charge is 2.73. The Morgan fingerprint density at radius 1 is 1.21 bits per heavy atom. The minimum Gasteiger partial charge on any atom is -0.356 e. The van der Waals surface area contributed by atoms with Crippen molar-refractivity contribution in [2.75, 3.05) is 0 Å². The highest BCUT2D eigenvalue weighted by molar-refractivity contribution is 8.30. The minimum atomic E-state index is -3.75. The van der Waals surface area contributed by atoms with Crippen LogP contribution in [0.15, 0.2) is 0 Å². The first-order valence-corrected chi connectivity index (χ1v) is 9.34. The maximum Gasteiger partial charge on any atom is 0.287 e. The molecule has 0 N–H and O–H groups in total. The van der Waals surface area contributed by atoms with E-state index in [4.69, 9.17) is 8.20 Å². The Hall–Kier alpha value is 0.469. The maximum atomic E-state index is 12.1. The first kappa shape index (κ1) is 15.9. The Balaban J connectivity index is 2.63. The molecule has 19 heavy (non-hydrogen) atoms. The van der Waals surface area contributed by atoms with Gasteiger partial charge in [0.05, 0.1) is 44.4 Å². The van der Waals surface area contributed by atoms with Gasteiger partial charge in [-0.1, -0.05) is 0 Å². The Bertz CT molecular complexity index is 569. The average Bonchev–Trinajstić information content (AvgIpc) is 2.66. The predicted octanol–water partition coefficient (Wildman–Crippen LogP) is -7.75. The third kappa shape index (κ3) is 2.13. The van der Waals surface area contributed by atoms with Crippen LogP contribution in [0.1, 0.15) is 0 Å². The molecule has 1 spiro atoms. The molecule has 1 atom stereocenters. The van der Waals surface area contributed by atoms with Crippen LogP contribution in [0.5, 0.6) is 0 Å². The number of rotatable bonds is 2. The molecule has 2 saturated heterocycles. The molecule has 2 fully saturated rings. The second-order valence-corrected chi connectivity index (χ2v) is 9.27. The van der Waals surface area contributed by atoms with Crippen LogP contribution in [0.4, 0.5) is 0 Å². The van der Waals surface area contributed by atoms with E-state index in [9.17, 15) is 16.8 Å². The fourth-order valence-electron chi connectivity index (χ4n) is 3.50. The zero-order valence-corrected chi connectivity index (χ0v) is 13.1. The molecule has 0 radical (unpaired) electrons. The lowest BCUT2D eigenvalue weighted by Crippen LogP contribution is -2.61. The van der Waals surface area contributed by atoms with Gasteiger partial charge in [0.15, 0.2) is 19.9 Å². The molecule has 2 heterocycles. The summed E-state index contributed by atoms with van der Waals surface area (Å²) in [6.45, 7) is -0.642. The third-order valence-electron chi connectivity index (χ3n) is 4.33. The van der Waals surface area contributed by atoms with E-state index in [2.05, 4.69) is 0 Å². The monoisotopic (exact) mass is 292 g/mol. The summed E-state index contributed by atoms with van der Waals surface area (Å²) in [6, 6.07) is 0. The van der Waals surface area contributed by atoms with Crippen LogP contribution in [-0.4, -0.2) is 87.3 Å². The van der Waals surface area contributed by atoms with Gasteiger partial charge in [0.2, 0.25) is 0 Å². The van der Waals surface area contributed by atoms with Gasteiger partial charge in [-0.3, -0.25) is 0 Å². The average molecular weight is 290 g/mol. The van der Waals surface area contributed by atoms with Gasteiger partial charge in [-0.2, -0.15) is 0 Å². The van der Waals surface area contributed by atoms with Crippen molar-refractivity contribution in [3.8, 4) is 0 Å². The lowest BCUT2D eigenvalue weighted by Gasteiger charge is -2.29. The number of hydrogen-bond acceptors (Lipinski definition) is 6. The summed E-state index contributed by atoms with van der Waals surface area (Å²) in [5.41, 5.74) is 0. The molecule has 92 valence electrons. The molecule has 2 aliphatic heterocycles. The van der Waals surface area contributed by atoms with Crippen molar-refractivity contribution in [1.82, 2.24) is 0 Å². The van der Waals surface area contributed by atoms with Gasteiger partial charge in [-0.15, -0.1) is 0 Å². The van der Waals surface area contributed by atoms with Gasteiger partial charge in [0.1, 0.15) is 0 Å². The van der Waals surface area contributed by atoms with E-state index in [0.717, 1.165) is 0 Å². The number of hydrogen-bond donors (Lipinski definition) is 0. The zero-order chi connectivity index (χ0) is 14.6. The summed E-state index contributed by atoms with van der Waals surface area (Å²) in [7, 11) is -0.320. The third-order valence-corrected chi connectivity index (χ3v) is 8.19. The SMILES string of the molecule is BBB1OS(=O)(=O)B(B)C12BOS(=O)(=O)B2B(B)B. The van der Waals surface area contributed by atoms with Crippen LogP contribution in [0, 0.1) is 0 Å². The largest absolute Gasteiger partial charge is 0.356 e. The van der Waals surface area contributed by atoms with E-state index >= 15 is 0 Å². The summed E-state index contributed by atoms with van der Waals surface area (Å²) in [5.74, 6) is -1.73. The molecule has 0 saturated carbocycles. The van der Waals surface area contributed by atoms with Crippen molar-refractivity contribution in [2.24, 2.45) is 0 Å². The summed E-state index contributed by atoms with van der Waals surface area (Å²) in [5, 5.41) is -0.999. The summed E-state index contributed by atoms with van der Waals surface area (Å²) in [4.78, 5) is 0. The molecule has 0 aromatic rings. The lowest BCUT2D eigenvalue weighted by molar-refractivity contribution is 0.519. The normalized spacial score (nSPS) is 31.5. The predicted molar refractivity (Wildman–Crippen MR) is 94.2 cm³/mol. The molecule has 0 bridgehead atoms. The van der Waals surface area contributed by atoms with Crippen LogP contribution in [-0.2, 0) is 28.1 Å². The molecule has 2 aliphatic rings. The van der Waals surface area contributed by atoms with Crippen LogP contribution in [0.3, 0.4) is 0 Å². The second-order valence-electron chi connectivity index (χ2n) is 5.66. The molecule has 2 rings (SSSR count). The first-order valence-electron chi connectivity index (χ1n) is 6.40. The van der Waals surface area contributed by atoms with Gasteiger partial charge in [0.25, 0.3) is 26.1 Å². The lowest BCUT2D eigenvalue weighted by atomic mass is 8.83. The van der Waals surface area contributed by atoms with E-state index in [0.29, 0.717) is 7.06 Å². The van der Waals surface area contributed by atoms with Gasteiger partial charge in [-0.25, -0.2) is 16.8 Å². The summed E-state index contributed by atoms with van der Waals surface area (Å²) in [6.07, 6.45) is -0.235. The fraction of sp³-hybridized carbons (Fsp3) is 1.00. The smallest absolute Gasteiger partial charge is 0.287 e. The molecular weight excluding hydrogens is 280 g/mol. The fourth-order valence-corrected chi connectivity index (χ4v) is 7.44. The van der Waals surface area contributed by atoms with Crippen LogP contribution < -0.4 is 0 Å². The van der Waals surface area contributed by atoms with Crippen LogP contribution in [0.25, 0.3) is 0 Å². The Morgan fingerprint density at radius 3 is 2.26 bits per heavy atom. The molecule has 0 aliphatic carbocycles. The van der Waals surface area contributed by atoms with E-state index < -0.39 is 43.5 Å². The van der Waals surface area contributed by atoms with Crippen molar-refractivity contribution in [3.05, 3.63) is 0 Å². The van der Waals surface area contributed by atoms with Crippen molar-refractivity contribution in [2.45, 2.75) is 5.01 Å². The molecule has 0 amide bonds. The molecule has 6 nitrogen and oxygen atoms in total. The maximum absolute atomic E-state index is 12.1. The Kier molecular flexibility index (Phi) is 3.96. The van der Waals surface area contributed by atoms with Gasteiger partial charge in [0, 0.05) is 0 Å². The van der Waals surface area contributed by atoms with Crippen molar-refractivity contribution in [3.63, 3.8) is 0 Å². The van der Waals surface area contributed by atoms with Gasteiger partial charge >= 0.3 is 0 Å². The van der Waals surface area contributed by atoms with Gasteiger partial charge < -0.3 is 8.20 Å². The minimum absolute atomic E-state index is 0.114. The van der Waals surface area contributed by atoms with E-state index in [1.807, 2.05) is 0 Å². The summed E-state index contributed by atoms with van der Waals surface area (Å²) < 4.78 is 58.3. The Morgan fingerprint density at radius 2 is 1.79 bits per heavy atom. The quantitative estimate of drug-likeness (QED) is 0.470. The molecule has 0 aromatic heterocycles. The van der Waals surface area contributed by atoms with Crippen molar-refractivity contribution in [1.29, 1.82) is 0 Å². The highest BCUT2D eigenvalue weighted by atomic mass is 32.2. The van der Waals surface area contributed by atoms with Crippen molar-refractivity contribution >= 4 is 90.4 Å². The standard InChI is InChI=1S/CH10B10O6S2/c2-7-9-1(8(3)18(12,13)17-9)6-16-19(14,15)10(1)11(4)5/h6-7H,2-5H2. The van der Waals surface area contributed by atoms with E-state index in [1.165, 1.54) is 7.74 Å². The van der Waals surface area contributed by atoms with Crippen molar-refractivity contribution < 1.29 is 25.0 Å². The molecule has 0 aromatic carbocycles. The van der Waals surface area contributed by atoms with E-state index in [1.54, 1.807) is 23.2 Å². The van der Waals surface area contributed by atoms with Gasteiger partial charge in [-0.05, 0) is 5.01 Å². The second kappa shape index (κ2) is 4.74. The van der Waals surface area contributed by atoms with Crippen LogP contribution in [0.2, 0.25) is 5.01 Å².